The number of ether oxygens (including phenoxy) is 2. The number of phenolic OH excluding ortho intramolecular Hbond substituents is 1. The number of aryl methyl sites for hydroxylation is 1. The van der Waals surface area contributed by atoms with E-state index in [0.29, 0.717) is 18.8 Å². The summed E-state index contributed by atoms with van der Waals surface area (Å²) >= 11 is 0. The average Bonchev–Trinajstić information content (AvgIpc) is 3.58. The van der Waals surface area contributed by atoms with Crippen LogP contribution >= 0.6 is 0 Å². The van der Waals surface area contributed by atoms with Crippen molar-refractivity contribution in [2.75, 3.05) is 13.2 Å². The van der Waals surface area contributed by atoms with E-state index in [2.05, 4.69) is 0 Å². The normalized spacial score (nSPS) is 24.4. The number of phenols is 1. The van der Waals surface area contributed by atoms with Crippen molar-refractivity contribution in [2.24, 2.45) is 0 Å². The number of hydrogen-bond acceptors (Lipinski definition) is 7. The number of carbonyl (C=O) groups excluding carboxylic acids is 2. The number of ketones is 2. The second-order valence-electron chi connectivity index (χ2n) is 7.65. The minimum Gasteiger partial charge on any atom is -0.507 e. The molecule has 1 N–H and O–H groups in total. The fourth-order valence-electron chi connectivity index (χ4n) is 4.26. The van der Waals surface area contributed by atoms with Gasteiger partial charge in [-0.05, 0) is 24.6 Å². The van der Waals surface area contributed by atoms with Gasteiger partial charge < -0.3 is 19.0 Å². The van der Waals surface area contributed by atoms with Crippen molar-refractivity contribution in [3.63, 3.8) is 0 Å². The molecule has 0 radical (unpaired) electrons. The highest BCUT2D eigenvalue weighted by molar-refractivity contribution is 6.32. The zero-order valence-electron chi connectivity index (χ0n) is 15.3. The summed E-state index contributed by atoms with van der Waals surface area (Å²) in [7, 11) is 0. The van der Waals surface area contributed by atoms with E-state index >= 15 is 0 Å². The first-order valence-corrected chi connectivity index (χ1v) is 9.21. The van der Waals surface area contributed by atoms with Crippen molar-refractivity contribution in [2.45, 2.75) is 18.6 Å². The van der Waals surface area contributed by atoms with Gasteiger partial charge in [-0.15, -0.1) is 0 Å². The SMILES string of the molecule is Cc1cc2c(c3oc([C@@]4([C@@H]5CO5)CO4)cc(=O)c13)C(=O)c1c(O)cccc1C2=O. The average molecular weight is 390 g/mol. The molecule has 29 heavy (non-hydrogen) atoms. The first kappa shape index (κ1) is 16.6. The smallest absolute Gasteiger partial charge is 0.202 e. The van der Waals surface area contributed by atoms with Gasteiger partial charge in [0, 0.05) is 17.2 Å². The topological polar surface area (TPSA) is 110 Å². The van der Waals surface area contributed by atoms with Crippen LogP contribution in [0.3, 0.4) is 0 Å². The molecular weight excluding hydrogens is 376 g/mol. The van der Waals surface area contributed by atoms with Crippen LogP contribution in [-0.2, 0) is 15.1 Å². The second kappa shape index (κ2) is 5.20. The molecule has 2 atom stereocenters. The number of rotatable bonds is 2. The summed E-state index contributed by atoms with van der Waals surface area (Å²) in [6, 6.07) is 7.28. The Morgan fingerprint density at radius 3 is 2.52 bits per heavy atom. The summed E-state index contributed by atoms with van der Waals surface area (Å²) in [6.07, 6.45) is -0.189. The third-order valence-corrected chi connectivity index (χ3v) is 5.91. The van der Waals surface area contributed by atoms with Crippen molar-refractivity contribution in [1.82, 2.24) is 0 Å². The Morgan fingerprint density at radius 2 is 1.83 bits per heavy atom. The van der Waals surface area contributed by atoms with Crippen LogP contribution in [0.25, 0.3) is 11.0 Å². The molecule has 0 saturated carbocycles. The van der Waals surface area contributed by atoms with E-state index in [1.165, 1.54) is 30.3 Å². The molecule has 1 aliphatic carbocycles. The van der Waals surface area contributed by atoms with Gasteiger partial charge in [0.1, 0.15) is 23.2 Å². The fraction of sp³-hybridized carbons (Fsp3) is 0.227. The summed E-state index contributed by atoms with van der Waals surface area (Å²) in [4.78, 5) is 39.3. The number of hydrogen-bond donors (Lipinski definition) is 1. The van der Waals surface area contributed by atoms with Crippen LogP contribution in [0.5, 0.6) is 5.75 Å². The predicted octanol–water partition coefficient (Wildman–Crippen LogP) is 2.21. The minimum atomic E-state index is -0.814. The Bertz CT molecular complexity index is 1340. The summed E-state index contributed by atoms with van der Waals surface area (Å²) in [5.41, 5.74) is -0.337. The number of carbonyl (C=O) groups is 2. The van der Waals surface area contributed by atoms with Crippen LogP contribution in [0, 0.1) is 6.92 Å². The molecule has 0 bridgehead atoms. The van der Waals surface area contributed by atoms with E-state index in [0.717, 1.165) is 0 Å². The minimum absolute atomic E-state index is 0.00364. The number of aromatic hydroxyl groups is 1. The molecule has 2 aromatic carbocycles. The van der Waals surface area contributed by atoms with Gasteiger partial charge in [-0.3, -0.25) is 14.4 Å². The third kappa shape index (κ3) is 2.06. The Balaban J connectivity index is 1.70. The fourth-order valence-corrected chi connectivity index (χ4v) is 4.26. The van der Waals surface area contributed by atoms with Crippen LogP contribution in [0.2, 0.25) is 0 Å². The Morgan fingerprint density at radius 1 is 1.07 bits per heavy atom. The molecule has 3 aromatic rings. The molecule has 0 amide bonds. The lowest BCUT2D eigenvalue weighted by molar-refractivity contribution is 0.0976. The Hall–Kier alpha value is -3.29. The molecule has 2 saturated heterocycles. The third-order valence-electron chi connectivity index (χ3n) is 5.91. The largest absolute Gasteiger partial charge is 0.507 e. The molecule has 144 valence electrons. The lowest BCUT2D eigenvalue weighted by Gasteiger charge is -2.20. The van der Waals surface area contributed by atoms with Crippen LogP contribution in [-0.4, -0.2) is 36.0 Å². The van der Waals surface area contributed by atoms with Crippen LogP contribution in [0.1, 0.15) is 43.2 Å². The second-order valence-corrected chi connectivity index (χ2v) is 7.65. The number of fused-ring (bicyclic) bond motifs is 4. The maximum atomic E-state index is 13.3. The molecule has 2 aliphatic heterocycles. The van der Waals surface area contributed by atoms with Crippen LogP contribution in [0.15, 0.2) is 39.5 Å². The highest BCUT2D eigenvalue weighted by Crippen LogP contribution is 2.48. The standard InChI is InChI=1S/C22H14O7/c1-9-5-11-18(20(26)17-10(19(11)25)3-2-4-12(17)23)21-16(9)13(24)6-14(29-21)22(8-28-22)15-7-27-15/h2-6,15,23H,7-8H2,1H3/t15-,22+/m0/s1. The van der Waals surface area contributed by atoms with Gasteiger partial charge in [0.2, 0.25) is 5.78 Å². The van der Waals surface area contributed by atoms with Crippen LogP contribution < -0.4 is 5.43 Å². The number of epoxide rings is 2. The van der Waals surface area contributed by atoms with E-state index in [1.807, 2.05) is 0 Å². The van der Waals surface area contributed by atoms with Gasteiger partial charge in [-0.2, -0.15) is 0 Å². The molecule has 7 heteroatoms. The van der Waals surface area contributed by atoms with Crippen molar-refractivity contribution in [3.8, 4) is 5.75 Å². The summed E-state index contributed by atoms with van der Waals surface area (Å²) in [5, 5.41) is 10.5. The number of benzene rings is 2. The molecule has 3 aliphatic rings. The monoisotopic (exact) mass is 390 g/mol. The lowest BCUT2D eigenvalue weighted by Crippen LogP contribution is -2.24. The highest BCUT2D eigenvalue weighted by Gasteiger charge is 2.61. The summed E-state index contributed by atoms with van der Waals surface area (Å²) < 4.78 is 17.0. The van der Waals surface area contributed by atoms with E-state index in [-0.39, 0.29) is 56.3 Å². The van der Waals surface area contributed by atoms with Crippen molar-refractivity contribution in [1.29, 1.82) is 0 Å². The molecular formula is C22H14O7. The van der Waals surface area contributed by atoms with Crippen molar-refractivity contribution < 1.29 is 28.6 Å². The van der Waals surface area contributed by atoms with Crippen molar-refractivity contribution in [3.05, 3.63) is 74.1 Å². The molecule has 7 nitrogen and oxygen atoms in total. The molecule has 0 spiro atoms. The molecule has 3 heterocycles. The molecule has 2 fully saturated rings. The lowest BCUT2D eigenvalue weighted by atomic mass is 9.81. The zero-order chi connectivity index (χ0) is 20.1. The Kier molecular flexibility index (Phi) is 2.98. The molecule has 1 aromatic heterocycles. The van der Waals surface area contributed by atoms with Gasteiger partial charge in [-0.25, -0.2) is 0 Å². The quantitative estimate of drug-likeness (QED) is 0.523. The van der Waals surface area contributed by atoms with Gasteiger partial charge in [0.05, 0.1) is 29.7 Å². The molecule has 6 rings (SSSR count). The maximum Gasteiger partial charge on any atom is 0.202 e. The predicted molar refractivity (Wildman–Crippen MR) is 99.6 cm³/mol. The van der Waals surface area contributed by atoms with E-state index in [4.69, 9.17) is 13.9 Å². The highest BCUT2D eigenvalue weighted by atomic mass is 16.7. The summed E-state index contributed by atoms with van der Waals surface area (Å²) in [6.45, 7) is 2.56. The van der Waals surface area contributed by atoms with Gasteiger partial charge in [0.25, 0.3) is 0 Å². The molecule has 0 unspecified atom stereocenters. The van der Waals surface area contributed by atoms with Gasteiger partial charge in [0.15, 0.2) is 16.8 Å². The van der Waals surface area contributed by atoms with E-state index in [1.54, 1.807) is 6.92 Å². The van der Waals surface area contributed by atoms with Crippen molar-refractivity contribution >= 4 is 22.5 Å². The maximum absolute atomic E-state index is 13.3. The van der Waals surface area contributed by atoms with E-state index in [9.17, 15) is 19.5 Å². The van der Waals surface area contributed by atoms with E-state index < -0.39 is 17.2 Å². The van der Waals surface area contributed by atoms with Gasteiger partial charge in [-0.1, -0.05) is 12.1 Å². The Labute approximate surface area is 163 Å². The first-order valence-electron chi connectivity index (χ1n) is 9.21. The van der Waals surface area contributed by atoms with Crippen LogP contribution in [0.4, 0.5) is 0 Å². The first-order chi connectivity index (χ1) is 13.9. The van der Waals surface area contributed by atoms with Gasteiger partial charge >= 0.3 is 0 Å². The summed E-state index contributed by atoms with van der Waals surface area (Å²) in [5.74, 6) is -0.946. The zero-order valence-corrected chi connectivity index (χ0v) is 15.3.